The third kappa shape index (κ3) is 31.6. The summed E-state index contributed by atoms with van der Waals surface area (Å²) in [5.74, 6) is -0.485. The van der Waals surface area contributed by atoms with Gasteiger partial charge in [-0.05, 0) is 44.9 Å². The van der Waals surface area contributed by atoms with Crippen LogP contribution in [-0.4, -0.2) is 46.9 Å². The van der Waals surface area contributed by atoms with Gasteiger partial charge in [0.2, 0.25) is 5.91 Å². The first-order chi connectivity index (χ1) is 23.0. The highest BCUT2D eigenvalue weighted by Gasteiger charge is 2.24. The van der Waals surface area contributed by atoms with E-state index < -0.39 is 18.2 Å². The molecule has 3 N–H and O–H groups in total. The number of ether oxygens (including phenoxy) is 1. The fraction of sp³-hybridized carbons (Fsp3) is 0.902. The number of rotatable bonds is 36. The van der Waals surface area contributed by atoms with Crippen LogP contribution in [0.2, 0.25) is 0 Å². The van der Waals surface area contributed by atoms with Gasteiger partial charge in [0.15, 0.2) is 0 Å². The smallest absolute Gasteiger partial charge is 0.306 e. The average Bonchev–Trinajstić information content (AvgIpc) is 3.06. The number of hydrogen-bond acceptors (Lipinski definition) is 5. The molecule has 0 aromatic carbocycles. The van der Waals surface area contributed by atoms with Crippen LogP contribution in [0.25, 0.3) is 0 Å². The minimum atomic E-state index is -0.778. The predicted octanol–water partition coefficient (Wildman–Crippen LogP) is 11.1. The van der Waals surface area contributed by atoms with Crippen molar-refractivity contribution < 1.29 is 24.5 Å². The van der Waals surface area contributed by atoms with Crippen LogP contribution in [0.4, 0.5) is 0 Å². The molecule has 0 fully saturated rings. The molecule has 0 heterocycles. The zero-order chi connectivity index (χ0) is 34.6. The molecule has 6 heteroatoms. The second-order valence-corrected chi connectivity index (χ2v) is 14.0. The van der Waals surface area contributed by atoms with E-state index in [0.29, 0.717) is 19.3 Å². The Kier molecular flexibility index (Phi) is 34.8. The number of carbonyl (C=O) groups excluding carboxylic acids is 2. The summed E-state index contributed by atoms with van der Waals surface area (Å²) >= 11 is 0. The highest BCUT2D eigenvalue weighted by Crippen LogP contribution is 2.17. The van der Waals surface area contributed by atoms with Crippen molar-refractivity contribution in [3.8, 4) is 0 Å². The van der Waals surface area contributed by atoms with E-state index in [0.717, 1.165) is 57.8 Å². The Bertz CT molecular complexity index is 712. The summed E-state index contributed by atoms with van der Waals surface area (Å²) in [6.45, 7) is 6.38. The summed E-state index contributed by atoms with van der Waals surface area (Å²) in [5.41, 5.74) is 0. The van der Waals surface area contributed by atoms with Crippen molar-refractivity contribution in [2.75, 3.05) is 6.61 Å². The van der Waals surface area contributed by atoms with Gasteiger partial charge in [-0.25, -0.2) is 0 Å². The van der Waals surface area contributed by atoms with E-state index in [1.54, 1.807) is 0 Å². The number of esters is 1. The van der Waals surface area contributed by atoms with Crippen LogP contribution >= 0.6 is 0 Å². The van der Waals surface area contributed by atoms with Gasteiger partial charge >= 0.3 is 5.97 Å². The zero-order valence-corrected chi connectivity index (χ0v) is 31.4. The Morgan fingerprint density at radius 1 is 0.596 bits per heavy atom. The summed E-state index contributed by atoms with van der Waals surface area (Å²) in [4.78, 5) is 25.7. The molecule has 0 aromatic rings. The van der Waals surface area contributed by atoms with E-state index in [1.165, 1.54) is 109 Å². The van der Waals surface area contributed by atoms with Crippen LogP contribution in [-0.2, 0) is 14.3 Å². The molecule has 47 heavy (non-hydrogen) atoms. The van der Waals surface area contributed by atoms with E-state index in [9.17, 15) is 19.8 Å². The van der Waals surface area contributed by atoms with Crippen molar-refractivity contribution in [1.29, 1.82) is 0 Å². The SMILES string of the molecule is CCCC/C=C\CCCCCCCC(=O)OC(CCCCCCCCCC)CC(=O)NC(CO)C(O)CCCCCCCCCCC. The number of carbonyl (C=O) groups is 2. The predicted molar refractivity (Wildman–Crippen MR) is 200 cm³/mol. The molecule has 0 aliphatic rings. The van der Waals surface area contributed by atoms with Crippen molar-refractivity contribution in [3.05, 3.63) is 12.2 Å². The highest BCUT2D eigenvalue weighted by molar-refractivity contribution is 5.77. The van der Waals surface area contributed by atoms with Gasteiger partial charge in [0.25, 0.3) is 0 Å². The van der Waals surface area contributed by atoms with Gasteiger partial charge in [0.05, 0.1) is 25.2 Å². The van der Waals surface area contributed by atoms with Crippen molar-refractivity contribution in [3.63, 3.8) is 0 Å². The van der Waals surface area contributed by atoms with Crippen LogP contribution in [0.3, 0.4) is 0 Å². The van der Waals surface area contributed by atoms with E-state index in [-0.39, 0.29) is 24.9 Å². The summed E-state index contributed by atoms with van der Waals surface area (Å²) in [6, 6.07) is -0.692. The number of amides is 1. The first-order valence-corrected chi connectivity index (χ1v) is 20.4. The Balaban J connectivity index is 4.55. The molecule has 0 bridgehead atoms. The van der Waals surface area contributed by atoms with Crippen molar-refractivity contribution in [2.24, 2.45) is 0 Å². The summed E-state index contributed by atoms with van der Waals surface area (Å²) in [6.07, 6.45) is 35.6. The quantitative estimate of drug-likeness (QED) is 0.0352. The number of aliphatic hydroxyl groups is 2. The van der Waals surface area contributed by atoms with Crippen LogP contribution < -0.4 is 5.32 Å². The van der Waals surface area contributed by atoms with Crippen molar-refractivity contribution >= 4 is 11.9 Å². The van der Waals surface area contributed by atoms with E-state index in [4.69, 9.17) is 4.74 Å². The molecule has 0 aliphatic carbocycles. The maximum Gasteiger partial charge on any atom is 0.306 e. The largest absolute Gasteiger partial charge is 0.462 e. The van der Waals surface area contributed by atoms with Crippen LogP contribution in [0.15, 0.2) is 12.2 Å². The normalized spacial score (nSPS) is 13.6. The lowest BCUT2D eigenvalue weighted by Gasteiger charge is -2.24. The fourth-order valence-corrected chi connectivity index (χ4v) is 6.17. The molecule has 0 spiro atoms. The minimum Gasteiger partial charge on any atom is -0.462 e. The van der Waals surface area contributed by atoms with Gasteiger partial charge in [-0.15, -0.1) is 0 Å². The van der Waals surface area contributed by atoms with Gasteiger partial charge < -0.3 is 20.3 Å². The van der Waals surface area contributed by atoms with Gasteiger partial charge in [-0.1, -0.05) is 168 Å². The van der Waals surface area contributed by atoms with Crippen molar-refractivity contribution in [2.45, 2.75) is 232 Å². The summed E-state index contributed by atoms with van der Waals surface area (Å²) in [5, 5.41) is 23.4. The van der Waals surface area contributed by atoms with Crippen LogP contribution in [0.1, 0.15) is 213 Å². The lowest BCUT2D eigenvalue weighted by atomic mass is 10.0. The van der Waals surface area contributed by atoms with E-state index in [1.807, 2.05) is 0 Å². The molecule has 0 aliphatic heterocycles. The molecule has 278 valence electrons. The molecule has 0 saturated carbocycles. The molecule has 0 radical (unpaired) electrons. The molecule has 6 nitrogen and oxygen atoms in total. The standard InChI is InChI=1S/C41H79NO5/c1-4-7-10-13-16-19-20-22-25-28-31-34-41(46)47-37(32-29-26-23-18-15-12-9-6-3)35-40(45)42-38(36-43)39(44)33-30-27-24-21-17-14-11-8-5-2/h13,16,37-39,43-44H,4-12,14-15,17-36H2,1-3H3,(H,42,45)/b16-13-. The third-order valence-corrected chi connectivity index (χ3v) is 9.34. The highest BCUT2D eigenvalue weighted by atomic mass is 16.5. The number of aliphatic hydroxyl groups excluding tert-OH is 2. The fourth-order valence-electron chi connectivity index (χ4n) is 6.17. The molecule has 1 amide bonds. The van der Waals surface area contributed by atoms with Gasteiger partial charge in [-0.3, -0.25) is 9.59 Å². The number of hydrogen-bond donors (Lipinski definition) is 3. The molecule has 0 saturated heterocycles. The monoisotopic (exact) mass is 666 g/mol. The first kappa shape index (κ1) is 45.6. The number of nitrogens with one attached hydrogen (secondary N) is 1. The molecule has 0 aromatic heterocycles. The Morgan fingerprint density at radius 3 is 1.57 bits per heavy atom. The second kappa shape index (κ2) is 35.9. The summed E-state index contributed by atoms with van der Waals surface area (Å²) in [7, 11) is 0. The lowest BCUT2D eigenvalue weighted by molar-refractivity contribution is -0.151. The maximum atomic E-state index is 13.0. The lowest BCUT2D eigenvalue weighted by Crippen LogP contribution is -2.46. The Morgan fingerprint density at radius 2 is 1.04 bits per heavy atom. The molecular formula is C41H79NO5. The molecular weight excluding hydrogens is 586 g/mol. The van der Waals surface area contributed by atoms with E-state index >= 15 is 0 Å². The van der Waals surface area contributed by atoms with E-state index in [2.05, 4.69) is 38.2 Å². The number of allylic oxidation sites excluding steroid dienone is 2. The van der Waals surface area contributed by atoms with Crippen LogP contribution in [0.5, 0.6) is 0 Å². The van der Waals surface area contributed by atoms with Crippen LogP contribution in [0, 0.1) is 0 Å². The molecule has 3 atom stereocenters. The molecule has 3 unspecified atom stereocenters. The Labute approximate surface area is 291 Å². The van der Waals surface area contributed by atoms with Gasteiger partial charge in [0, 0.05) is 6.42 Å². The van der Waals surface area contributed by atoms with Gasteiger partial charge in [0.1, 0.15) is 6.10 Å². The first-order valence-electron chi connectivity index (χ1n) is 20.4. The molecule has 0 rings (SSSR count). The minimum absolute atomic E-state index is 0.0786. The maximum absolute atomic E-state index is 13.0. The van der Waals surface area contributed by atoms with Gasteiger partial charge in [-0.2, -0.15) is 0 Å². The van der Waals surface area contributed by atoms with Crippen molar-refractivity contribution in [1.82, 2.24) is 5.32 Å². The summed E-state index contributed by atoms with van der Waals surface area (Å²) < 4.78 is 5.85. The number of unbranched alkanes of at least 4 members (excludes halogenated alkanes) is 22. The second-order valence-electron chi connectivity index (χ2n) is 14.0. The zero-order valence-electron chi connectivity index (χ0n) is 31.4. The third-order valence-electron chi connectivity index (χ3n) is 9.34. The Hall–Kier alpha value is -1.40. The topological polar surface area (TPSA) is 95.9 Å². The average molecular weight is 666 g/mol.